The molecule has 1 N–H and O–H groups in total. The first-order valence-electron chi connectivity index (χ1n) is 4.02. The zero-order valence-electron chi connectivity index (χ0n) is 6.40. The first kappa shape index (κ1) is 13.5. The molecule has 0 radical (unpaired) electrons. The molecule has 0 spiro atoms. The molecule has 0 rings (SSSR count). The average Bonchev–Trinajstić information content (AvgIpc) is 1.89. The summed E-state index contributed by atoms with van der Waals surface area (Å²) in [6.45, 7) is 2.58. The van der Waals surface area contributed by atoms with Gasteiger partial charge in [0.2, 0.25) is 0 Å². The second-order valence-corrected chi connectivity index (χ2v) is 2.49. The van der Waals surface area contributed by atoms with Gasteiger partial charge in [-0.2, -0.15) is 0 Å². The van der Waals surface area contributed by atoms with Crippen LogP contribution in [0.2, 0.25) is 0 Å². The number of hydrogen-bond acceptors (Lipinski definition) is 1. The second-order valence-electron chi connectivity index (χ2n) is 2.49. The normalized spacial score (nSPS) is 9.00. The van der Waals surface area contributed by atoms with Crippen molar-refractivity contribution in [2.45, 2.75) is 45.4 Å². The Kier molecular flexibility index (Phi) is 17.1. The van der Waals surface area contributed by atoms with E-state index in [0.717, 1.165) is 6.42 Å². The molecule has 1 nitrogen and oxygen atoms in total. The van der Waals surface area contributed by atoms with Gasteiger partial charge in [0.25, 0.3) is 0 Å². The Bertz CT molecular complexity index is 42.5. The third kappa shape index (κ3) is 11.7. The van der Waals surface area contributed by atoms with Crippen molar-refractivity contribution in [3.8, 4) is 0 Å². The molecule has 2 heteroatoms. The fourth-order valence-corrected chi connectivity index (χ4v) is 0.892. The summed E-state index contributed by atoms with van der Waals surface area (Å²) in [5, 5.41) is 8.42. The molecule has 0 aromatic carbocycles. The summed E-state index contributed by atoms with van der Waals surface area (Å²) < 4.78 is 0. The van der Waals surface area contributed by atoms with Crippen LogP contribution < -0.4 is 0 Å². The Morgan fingerprint density at radius 1 is 0.900 bits per heavy atom. The van der Waals surface area contributed by atoms with E-state index in [9.17, 15) is 0 Å². The molecule has 0 fully saturated rings. The fourth-order valence-electron chi connectivity index (χ4n) is 0.892. The van der Waals surface area contributed by atoms with Gasteiger partial charge >= 0.3 is 29.6 Å². The van der Waals surface area contributed by atoms with Crippen molar-refractivity contribution in [2.24, 2.45) is 0 Å². The van der Waals surface area contributed by atoms with Crippen molar-refractivity contribution in [3.63, 3.8) is 0 Å². The van der Waals surface area contributed by atoms with Gasteiger partial charge in [0.1, 0.15) is 0 Å². The van der Waals surface area contributed by atoms with E-state index in [1.165, 1.54) is 32.1 Å². The second kappa shape index (κ2) is 12.6. The summed E-state index contributed by atoms with van der Waals surface area (Å²) in [6, 6.07) is 0. The van der Waals surface area contributed by atoms with E-state index in [2.05, 4.69) is 6.92 Å². The summed E-state index contributed by atoms with van der Waals surface area (Å²) in [6.07, 6.45) is 7.50. The number of unbranched alkanes of at least 4 members (excludes halogenated alkanes) is 5. The number of rotatable bonds is 6. The summed E-state index contributed by atoms with van der Waals surface area (Å²) in [7, 11) is 0. The van der Waals surface area contributed by atoms with Gasteiger partial charge in [0.05, 0.1) is 0 Å². The molecule has 0 atom stereocenters. The number of aliphatic hydroxyl groups excluding tert-OH is 1. The van der Waals surface area contributed by atoms with Gasteiger partial charge in [-0.25, -0.2) is 0 Å². The van der Waals surface area contributed by atoms with E-state index in [-0.39, 0.29) is 29.6 Å². The zero-order chi connectivity index (χ0) is 6.95. The Balaban J connectivity index is 0. The van der Waals surface area contributed by atoms with Crippen molar-refractivity contribution in [3.05, 3.63) is 0 Å². The van der Waals surface area contributed by atoms with E-state index in [4.69, 9.17) is 5.11 Å². The van der Waals surface area contributed by atoms with Crippen LogP contribution >= 0.6 is 0 Å². The molecule has 0 aromatic rings. The molecule has 58 valence electrons. The quantitative estimate of drug-likeness (QED) is 0.456. The maximum absolute atomic E-state index is 8.42. The van der Waals surface area contributed by atoms with E-state index in [1.807, 2.05) is 0 Å². The van der Waals surface area contributed by atoms with Crippen LogP contribution in [0.25, 0.3) is 0 Å². The topological polar surface area (TPSA) is 20.2 Å². The van der Waals surface area contributed by atoms with Crippen LogP contribution in [0.5, 0.6) is 0 Å². The molecule has 10 heavy (non-hydrogen) atoms. The summed E-state index contributed by atoms with van der Waals surface area (Å²) in [4.78, 5) is 0. The van der Waals surface area contributed by atoms with Gasteiger partial charge in [-0.3, -0.25) is 0 Å². The third-order valence-corrected chi connectivity index (χ3v) is 1.51. The molecular formula is C8H19NaO. The minimum atomic E-state index is 0. The molecule has 0 heterocycles. The van der Waals surface area contributed by atoms with Crippen molar-refractivity contribution in [1.29, 1.82) is 0 Å². The van der Waals surface area contributed by atoms with Gasteiger partial charge in [-0.15, -0.1) is 0 Å². The van der Waals surface area contributed by atoms with Gasteiger partial charge in [-0.05, 0) is 6.42 Å². The molecule has 0 unspecified atom stereocenters. The van der Waals surface area contributed by atoms with Crippen LogP contribution in [-0.2, 0) is 0 Å². The Morgan fingerprint density at radius 2 is 1.40 bits per heavy atom. The SMILES string of the molecule is CCCCCCCCO.[NaH]. The van der Waals surface area contributed by atoms with Gasteiger partial charge in [-0.1, -0.05) is 39.0 Å². The first-order valence-corrected chi connectivity index (χ1v) is 4.02. The van der Waals surface area contributed by atoms with Crippen molar-refractivity contribution in [1.82, 2.24) is 0 Å². The van der Waals surface area contributed by atoms with Gasteiger partial charge < -0.3 is 5.11 Å². The first-order chi connectivity index (χ1) is 4.41. The maximum atomic E-state index is 8.42. The third-order valence-electron chi connectivity index (χ3n) is 1.51. The predicted molar refractivity (Wildman–Crippen MR) is 47.6 cm³/mol. The summed E-state index contributed by atoms with van der Waals surface area (Å²) in [5.74, 6) is 0. The molecule has 0 saturated heterocycles. The van der Waals surface area contributed by atoms with Crippen molar-refractivity contribution in [2.75, 3.05) is 6.61 Å². The molecular weight excluding hydrogens is 135 g/mol. The van der Waals surface area contributed by atoms with E-state index in [1.54, 1.807) is 0 Å². The van der Waals surface area contributed by atoms with Crippen molar-refractivity contribution >= 4 is 29.6 Å². The van der Waals surface area contributed by atoms with E-state index in [0.29, 0.717) is 6.61 Å². The average molecular weight is 154 g/mol. The zero-order valence-corrected chi connectivity index (χ0v) is 6.40. The predicted octanol–water partition coefficient (Wildman–Crippen LogP) is 1.69. The molecule has 0 saturated carbocycles. The van der Waals surface area contributed by atoms with Crippen LogP contribution in [-0.4, -0.2) is 41.3 Å². The molecule has 0 aliphatic carbocycles. The van der Waals surface area contributed by atoms with Crippen molar-refractivity contribution < 1.29 is 5.11 Å². The minimum absolute atomic E-state index is 0. The molecule has 0 aliphatic heterocycles. The van der Waals surface area contributed by atoms with Crippen LogP contribution in [0.15, 0.2) is 0 Å². The Labute approximate surface area is 86.5 Å². The summed E-state index contributed by atoms with van der Waals surface area (Å²) >= 11 is 0. The van der Waals surface area contributed by atoms with Gasteiger partial charge in [0.15, 0.2) is 0 Å². The van der Waals surface area contributed by atoms with Gasteiger partial charge in [0, 0.05) is 6.61 Å². The molecule has 0 aliphatic rings. The van der Waals surface area contributed by atoms with Crippen LogP contribution in [0.1, 0.15) is 45.4 Å². The van der Waals surface area contributed by atoms with Crippen LogP contribution in [0.4, 0.5) is 0 Å². The van der Waals surface area contributed by atoms with Crippen LogP contribution in [0, 0.1) is 0 Å². The monoisotopic (exact) mass is 154 g/mol. The standard InChI is InChI=1S/C8H18O.Na.H/c1-2-3-4-5-6-7-8-9;;/h9H,2-8H2,1H3;;. The van der Waals surface area contributed by atoms with E-state index >= 15 is 0 Å². The van der Waals surface area contributed by atoms with E-state index < -0.39 is 0 Å². The Morgan fingerprint density at radius 3 is 1.90 bits per heavy atom. The van der Waals surface area contributed by atoms with Crippen LogP contribution in [0.3, 0.4) is 0 Å². The number of hydrogen-bond donors (Lipinski definition) is 1. The molecule has 0 amide bonds. The summed E-state index contributed by atoms with van der Waals surface area (Å²) in [5.41, 5.74) is 0. The Hall–Kier alpha value is 0.960. The molecule has 0 bridgehead atoms. The number of aliphatic hydroxyl groups is 1. The fraction of sp³-hybridized carbons (Fsp3) is 1.00. The molecule has 0 aromatic heterocycles.